The summed E-state index contributed by atoms with van der Waals surface area (Å²) < 4.78 is 0. The lowest BCUT2D eigenvalue weighted by Gasteiger charge is -2.05. The van der Waals surface area contributed by atoms with E-state index in [1.54, 1.807) is 0 Å². The van der Waals surface area contributed by atoms with Crippen LogP contribution >= 0.6 is 11.6 Å². The third-order valence-electron chi connectivity index (χ3n) is 2.50. The Morgan fingerprint density at radius 2 is 2.05 bits per heavy atom. The largest absolute Gasteiger partial charge is 0.397 e. The summed E-state index contributed by atoms with van der Waals surface area (Å²) in [5, 5.41) is 10.8. The Labute approximate surface area is 113 Å². The lowest BCUT2D eigenvalue weighted by molar-refractivity contribution is -0.384. The molecule has 2 rings (SSSR count). The van der Waals surface area contributed by atoms with Crippen LogP contribution in [0.1, 0.15) is 15.9 Å². The predicted molar refractivity (Wildman–Crippen MR) is 70.2 cm³/mol. The molecule has 0 amide bonds. The van der Waals surface area contributed by atoms with E-state index in [-0.39, 0.29) is 27.5 Å². The summed E-state index contributed by atoms with van der Waals surface area (Å²) in [4.78, 5) is 26.1. The van der Waals surface area contributed by atoms with E-state index in [1.807, 2.05) is 0 Å². The predicted octanol–water partition coefficient (Wildman–Crippen LogP) is 2.46. The van der Waals surface area contributed by atoms with Crippen molar-refractivity contribution < 1.29 is 9.72 Å². The summed E-state index contributed by atoms with van der Waals surface area (Å²) in [5.74, 6) is -0.478. The molecule has 0 saturated carbocycles. The minimum Gasteiger partial charge on any atom is -0.397 e. The molecule has 0 aliphatic carbocycles. The summed E-state index contributed by atoms with van der Waals surface area (Å²) in [6.07, 6.45) is 2.74. The van der Waals surface area contributed by atoms with Gasteiger partial charge in [-0.25, -0.2) is 0 Å². The van der Waals surface area contributed by atoms with Gasteiger partial charge in [0.05, 0.1) is 21.8 Å². The van der Waals surface area contributed by atoms with E-state index in [9.17, 15) is 14.9 Å². The number of rotatable bonds is 3. The smallest absolute Gasteiger partial charge is 0.270 e. The zero-order valence-corrected chi connectivity index (χ0v) is 10.3. The summed E-state index contributed by atoms with van der Waals surface area (Å²) in [6, 6.07) is 5.11. The van der Waals surface area contributed by atoms with Gasteiger partial charge in [0.1, 0.15) is 0 Å². The molecule has 7 heteroatoms. The number of carbonyl (C=O) groups is 1. The fraction of sp³-hybridized carbons (Fsp3) is 0. The van der Waals surface area contributed by atoms with Crippen LogP contribution in [-0.4, -0.2) is 15.7 Å². The highest BCUT2D eigenvalue weighted by atomic mass is 35.5. The first-order chi connectivity index (χ1) is 9.00. The molecule has 2 aromatic rings. The van der Waals surface area contributed by atoms with Gasteiger partial charge in [0, 0.05) is 29.5 Å². The van der Waals surface area contributed by atoms with Gasteiger partial charge < -0.3 is 5.73 Å². The Balaban J connectivity index is 2.53. The second-order valence-electron chi connectivity index (χ2n) is 3.71. The molecule has 0 radical (unpaired) electrons. The third kappa shape index (κ3) is 2.53. The quantitative estimate of drug-likeness (QED) is 0.528. The van der Waals surface area contributed by atoms with E-state index in [2.05, 4.69) is 4.98 Å². The molecule has 19 heavy (non-hydrogen) atoms. The fourth-order valence-electron chi connectivity index (χ4n) is 1.56. The number of pyridine rings is 1. The van der Waals surface area contributed by atoms with Crippen LogP contribution in [0.15, 0.2) is 36.7 Å². The first-order valence-corrected chi connectivity index (χ1v) is 5.56. The molecular formula is C12H8ClN3O3. The zero-order chi connectivity index (χ0) is 14.0. The number of ketones is 1. The van der Waals surface area contributed by atoms with Crippen LogP contribution in [0.2, 0.25) is 5.02 Å². The van der Waals surface area contributed by atoms with Crippen LogP contribution in [-0.2, 0) is 0 Å². The minimum absolute atomic E-state index is 0.0359. The maximum absolute atomic E-state index is 12.2. The normalized spacial score (nSPS) is 10.2. The summed E-state index contributed by atoms with van der Waals surface area (Å²) >= 11 is 5.90. The van der Waals surface area contributed by atoms with Crippen LogP contribution < -0.4 is 5.73 Å². The highest BCUT2D eigenvalue weighted by Crippen LogP contribution is 2.25. The number of nitro groups is 1. The van der Waals surface area contributed by atoms with Gasteiger partial charge in [0.15, 0.2) is 5.78 Å². The van der Waals surface area contributed by atoms with Crippen LogP contribution in [0.3, 0.4) is 0 Å². The van der Waals surface area contributed by atoms with Gasteiger partial charge in [-0.3, -0.25) is 19.9 Å². The molecule has 0 bridgehead atoms. The lowest BCUT2D eigenvalue weighted by Crippen LogP contribution is -2.07. The number of anilines is 1. The molecule has 0 aliphatic rings. The Morgan fingerprint density at radius 3 is 2.68 bits per heavy atom. The lowest BCUT2D eigenvalue weighted by atomic mass is 10.0. The zero-order valence-electron chi connectivity index (χ0n) is 9.54. The first-order valence-electron chi connectivity index (χ1n) is 5.19. The molecular weight excluding hydrogens is 270 g/mol. The molecule has 1 aromatic heterocycles. The number of hydrogen-bond donors (Lipinski definition) is 1. The number of carbonyl (C=O) groups excluding carboxylic acids is 1. The summed E-state index contributed by atoms with van der Waals surface area (Å²) in [6.45, 7) is 0. The van der Waals surface area contributed by atoms with E-state index in [1.165, 1.54) is 30.6 Å². The molecule has 1 heterocycles. The number of nitrogens with zero attached hydrogens (tertiary/aromatic N) is 2. The summed E-state index contributed by atoms with van der Waals surface area (Å²) in [5.41, 5.74) is 5.87. The van der Waals surface area contributed by atoms with E-state index in [4.69, 9.17) is 17.3 Å². The topological polar surface area (TPSA) is 99.1 Å². The van der Waals surface area contributed by atoms with Crippen molar-refractivity contribution >= 4 is 28.8 Å². The SMILES string of the molecule is Nc1cnccc1C(=O)c1cc([N+](=O)[O-])ccc1Cl. The van der Waals surface area contributed by atoms with Gasteiger partial charge in [-0.1, -0.05) is 11.6 Å². The van der Waals surface area contributed by atoms with Gasteiger partial charge in [-0.15, -0.1) is 0 Å². The van der Waals surface area contributed by atoms with Crippen molar-refractivity contribution in [2.24, 2.45) is 0 Å². The Hall–Kier alpha value is -2.47. The van der Waals surface area contributed by atoms with Gasteiger partial charge in [0.2, 0.25) is 0 Å². The molecule has 96 valence electrons. The number of aromatic nitrogens is 1. The summed E-state index contributed by atoms with van der Waals surface area (Å²) in [7, 11) is 0. The molecule has 2 N–H and O–H groups in total. The second-order valence-corrected chi connectivity index (χ2v) is 4.12. The van der Waals surface area contributed by atoms with Crippen molar-refractivity contribution in [3.05, 3.63) is 62.9 Å². The van der Waals surface area contributed by atoms with Gasteiger partial charge in [-0.05, 0) is 12.1 Å². The Kier molecular flexibility index (Phi) is 3.43. The van der Waals surface area contributed by atoms with E-state index < -0.39 is 10.7 Å². The molecule has 0 atom stereocenters. The van der Waals surface area contributed by atoms with Crippen molar-refractivity contribution in [2.45, 2.75) is 0 Å². The molecule has 0 fully saturated rings. The second kappa shape index (κ2) is 5.03. The first kappa shape index (κ1) is 13.0. The van der Waals surface area contributed by atoms with E-state index >= 15 is 0 Å². The average Bonchev–Trinajstić information content (AvgIpc) is 2.38. The molecule has 0 unspecified atom stereocenters. The highest BCUT2D eigenvalue weighted by molar-refractivity contribution is 6.35. The number of nitrogens with two attached hydrogens (primary N) is 1. The van der Waals surface area contributed by atoms with Crippen LogP contribution in [0.5, 0.6) is 0 Å². The number of non-ortho nitro benzene ring substituents is 1. The monoisotopic (exact) mass is 277 g/mol. The molecule has 0 saturated heterocycles. The molecule has 6 nitrogen and oxygen atoms in total. The van der Waals surface area contributed by atoms with Crippen LogP contribution in [0.4, 0.5) is 11.4 Å². The van der Waals surface area contributed by atoms with E-state index in [0.29, 0.717) is 0 Å². The van der Waals surface area contributed by atoms with Crippen molar-refractivity contribution in [1.29, 1.82) is 0 Å². The maximum atomic E-state index is 12.2. The van der Waals surface area contributed by atoms with Crippen molar-refractivity contribution in [2.75, 3.05) is 5.73 Å². The van der Waals surface area contributed by atoms with Crippen molar-refractivity contribution in [3.63, 3.8) is 0 Å². The van der Waals surface area contributed by atoms with Gasteiger partial charge >= 0.3 is 0 Å². The average molecular weight is 278 g/mol. The van der Waals surface area contributed by atoms with Gasteiger partial charge in [0.25, 0.3) is 5.69 Å². The third-order valence-corrected chi connectivity index (χ3v) is 2.83. The maximum Gasteiger partial charge on any atom is 0.270 e. The van der Waals surface area contributed by atoms with Crippen molar-refractivity contribution in [1.82, 2.24) is 4.98 Å². The standard InChI is InChI=1S/C12H8ClN3O3/c13-10-2-1-7(16(18)19)5-9(10)12(17)8-3-4-15-6-11(8)14/h1-6H,14H2. The van der Waals surface area contributed by atoms with Crippen LogP contribution in [0.25, 0.3) is 0 Å². The number of nitro benzene ring substituents is 1. The molecule has 0 spiro atoms. The fourth-order valence-corrected chi connectivity index (χ4v) is 1.76. The number of nitrogen functional groups attached to an aromatic ring is 1. The number of halogens is 1. The minimum atomic E-state index is -0.594. The Morgan fingerprint density at radius 1 is 1.32 bits per heavy atom. The number of benzene rings is 1. The molecule has 1 aromatic carbocycles. The van der Waals surface area contributed by atoms with Crippen molar-refractivity contribution in [3.8, 4) is 0 Å². The van der Waals surface area contributed by atoms with Crippen LogP contribution in [0, 0.1) is 10.1 Å². The highest BCUT2D eigenvalue weighted by Gasteiger charge is 2.18. The van der Waals surface area contributed by atoms with Gasteiger partial charge in [-0.2, -0.15) is 0 Å². The van der Waals surface area contributed by atoms with E-state index in [0.717, 1.165) is 6.07 Å². The Bertz CT molecular complexity index is 673. The molecule has 0 aliphatic heterocycles. The number of hydrogen-bond acceptors (Lipinski definition) is 5.